The molecule has 2 N–H and O–H groups in total. The second-order valence-corrected chi connectivity index (χ2v) is 4.91. The van der Waals surface area contributed by atoms with Crippen LogP contribution in [0.4, 0.5) is 13.2 Å². The minimum absolute atomic E-state index is 0.0327. The topological polar surface area (TPSA) is 50.4 Å². The first-order valence-electron chi connectivity index (χ1n) is 6.75. The third-order valence-corrected chi connectivity index (χ3v) is 3.24. The SMILES string of the molecule is O=C(COc1cccc(C(F)(F)F)c1)NC1CCNCC1. The van der Waals surface area contributed by atoms with Gasteiger partial charge in [0.05, 0.1) is 5.56 Å². The highest BCUT2D eigenvalue weighted by Gasteiger charge is 2.30. The molecular weight excluding hydrogens is 285 g/mol. The largest absolute Gasteiger partial charge is 0.484 e. The summed E-state index contributed by atoms with van der Waals surface area (Å²) >= 11 is 0. The zero-order valence-corrected chi connectivity index (χ0v) is 11.4. The molecule has 7 heteroatoms. The van der Waals surface area contributed by atoms with Gasteiger partial charge in [-0.15, -0.1) is 0 Å². The smallest absolute Gasteiger partial charge is 0.416 e. The Morgan fingerprint density at radius 1 is 1.33 bits per heavy atom. The lowest BCUT2D eigenvalue weighted by atomic mass is 10.1. The van der Waals surface area contributed by atoms with Crippen LogP contribution in [0.2, 0.25) is 0 Å². The van der Waals surface area contributed by atoms with Crippen LogP contribution in [-0.2, 0) is 11.0 Å². The molecule has 116 valence electrons. The molecule has 1 aromatic rings. The normalized spacial score (nSPS) is 16.5. The highest BCUT2D eigenvalue weighted by molar-refractivity contribution is 5.77. The Labute approximate surface area is 120 Å². The van der Waals surface area contributed by atoms with Gasteiger partial charge in [0.15, 0.2) is 6.61 Å². The van der Waals surface area contributed by atoms with Gasteiger partial charge in [-0.05, 0) is 44.1 Å². The van der Waals surface area contributed by atoms with Crippen molar-refractivity contribution < 1.29 is 22.7 Å². The number of benzene rings is 1. The van der Waals surface area contributed by atoms with Crippen molar-refractivity contribution >= 4 is 5.91 Å². The molecule has 1 heterocycles. The molecule has 0 bridgehead atoms. The van der Waals surface area contributed by atoms with Gasteiger partial charge in [-0.1, -0.05) is 6.07 Å². The Morgan fingerprint density at radius 3 is 2.71 bits per heavy atom. The van der Waals surface area contributed by atoms with Crippen molar-refractivity contribution in [3.63, 3.8) is 0 Å². The molecule has 0 aliphatic carbocycles. The van der Waals surface area contributed by atoms with E-state index in [2.05, 4.69) is 10.6 Å². The minimum Gasteiger partial charge on any atom is -0.484 e. The lowest BCUT2D eigenvalue weighted by Gasteiger charge is -2.23. The molecule has 21 heavy (non-hydrogen) atoms. The van der Waals surface area contributed by atoms with Crippen LogP contribution in [0, 0.1) is 0 Å². The number of carbonyl (C=O) groups is 1. The fourth-order valence-electron chi connectivity index (χ4n) is 2.15. The van der Waals surface area contributed by atoms with E-state index in [1.807, 2.05) is 0 Å². The molecule has 1 amide bonds. The van der Waals surface area contributed by atoms with Crippen molar-refractivity contribution in [2.75, 3.05) is 19.7 Å². The first-order valence-corrected chi connectivity index (χ1v) is 6.75. The average Bonchev–Trinajstić information content (AvgIpc) is 2.46. The van der Waals surface area contributed by atoms with E-state index in [0.717, 1.165) is 38.1 Å². The maximum absolute atomic E-state index is 12.5. The highest BCUT2D eigenvalue weighted by Crippen LogP contribution is 2.31. The molecule has 0 radical (unpaired) electrons. The zero-order valence-electron chi connectivity index (χ0n) is 11.4. The van der Waals surface area contributed by atoms with E-state index in [0.29, 0.717) is 0 Å². The summed E-state index contributed by atoms with van der Waals surface area (Å²) < 4.78 is 42.7. The van der Waals surface area contributed by atoms with Gasteiger partial charge in [-0.2, -0.15) is 13.2 Å². The van der Waals surface area contributed by atoms with E-state index in [-0.39, 0.29) is 24.3 Å². The summed E-state index contributed by atoms with van der Waals surface area (Å²) in [5.74, 6) is -0.287. The summed E-state index contributed by atoms with van der Waals surface area (Å²) in [5, 5.41) is 5.98. The van der Waals surface area contributed by atoms with Crippen LogP contribution >= 0.6 is 0 Å². The zero-order chi connectivity index (χ0) is 15.3. The first kappa shape index (κ1) is 15.6. The average molecular weight is 302 g/mol. The lowest BCUT2D eigenvalue weighted by molar-refractivity contribution is -0.137. The molecule has 0 spiro atoms. The Hall–Kier alpha value is -1.76. The maximum Gasteiger partial charge on any atom is 0.416 e. The number of nitrogens with one attached hydrogen (secondary N) is 2. The van der Waals surface area contributed by atoms with Crippen molar-refractivity contribution in [2.24, 2.45) is 0 Å². The van der Waals surface area contributed by atoms with Crippen LogP contribution in [0.3, 0.4) is 0 Å². The molecular formula is C14H17F3N2O2. The molecule has 0 aromatic heterocycles. The van der Waals surface area contributed by atoms with E-state index in [4.69, 9.17) is 4.74 Å². The van der Waals surface area contributed by atoms with E-state index in [9.17, 15) is 18.0 Å². The fourth-order valence-corrected chi connectivity index (χ4v) is 2.15. The van der Waals surface area contributed by atoms with Gasteiger partial charge in [0.25, 0.3) is 5.91 Å². The van der Waals surface area contributed by atoms with Crippen LogP contribution in [0.1, 0.15) is 18.4 Å². The van der Waals surface area contributed by atoms with Crippen molar-refractivity contribution in [1.29, 1.82) is 0 Å². The number of amides is 1. The van der Waals surface area contributed by atoms with Gasteiger partial charge in [0.2, 0.25) is 0 Å². The molecule has 0 unspecified atom stereocenters. The second-order valence-electron chi connectivity index (χ2n) is 4.91. The fraction of sp³-hybridized carbons (Fsp3) is 0.500. The number of ether oxygens (including phenoxy) is 1. The molecule has 4 nitrogen and oxygen atoms in total. The Balaban J connectivity index is 1.83. The Bertz CT molecular complexity index is 485. The van der Waals surface area contributed by atoms with Crippen LogP contribution in [0.5, 0.6) is 5.75 Å². The van der Waals surface area contributed by atoms with Crippen LogP contribution in [-0.4, -0.2) is 31.6 Å². The molecule has 1 aliphatic rings. The number of carbonyl (C=O) groups excluding carboxylic acids is 1. The van der Waals surface area contributed by atoms with Crippen molar-refractivity contribution in [3.8, 4) is 5.75 Å². The predicted molar refractivity (Wildman–Crippen MR) is 71.0 cm³/mol. The van der Waals surface area contributed by atoms with Gasteiger partial charge in [-0.3, -0.25) is 4.79 Å². The first-order chi connectivity index (χ1) is 9.95. The summed E-state index contributed by atoms with van der Waals surface area (Å²) in [7, 11) is 0. The van der Waals surface area contributed by atoms with Gasteiger partial charge >= 0.3 is 6.18 Å². The number of halogens is 3. The van der Waals surface area contributed by atoms with E-state index in [1.165, 1.54) is 12.1 Å². The third-order valence-electron chi connectivity index (χ3n) is 3.24. The van der Waals surface area contributed by atoms with Crippen LogP contribution in [0.15, 0.2) is 24.3 Å². The number of piperidine rings is 1. The quantitative estimate of drug-likeness (QED) is 0.894. The number of rotatable bonds is 4. The monoisotopic (exact) mass is 302 g/mol. The molecule has 0 saturated carbocycles. The van der Waals surface area contributed by atoms with Gasteiger partial charge in [0.1, 0.15) is 5.75 Å². The molecule has 2 rings (SSSR count). The summed E-state index contributed by atoms with van der Waals surface area (Å²) in [5.41, 5.74) is -0.793. The van der Waals surface area contributed by atoms with Crippen LogP contribution < -0.4 is 15.4 Å². The van der Waals surface area contributed by atoms with E-state index in [1.54, 1.807) is 0 Å². The molecule has 1 aliphatic heterocycles. The molecule has 1 aromatic carbocycles. The predicted octanol–water partition coefficient (Wildman–Crippen LogP) is 1.95. The summed E-state index contributed by atoms with van der Waals surface area (Å²) in [4.78, 5) is 11.7. The standard InChI is InChI=1S/C14H17F3N2O2/c15-14(16,17)10-2-1-3-12(8-10)21-9-13(20)19-11-4-6-18-7-5-11/h1-3,8,11,18H,4-7,9H2,(H,19,20). The molecule has 1 fully saturated rings. The van der Waals surface area contributed by atoms with Crippen molar-refractivity contribution in [3.05, 3.63) is 29.8 Å². The molecule has 1 saturated heterocycles. The summed E-state index contributed by atoms with van der Waals surface area (Å²) in [6.07, 6.45) is -2.73. The Kier molecular flexibility index (Phi) is 5.06. The maximum atomic E-state index is 12.5. The minimum atomic E-state index is -4.42. The lowest BCUT2D eigenvalue weighted by Crippen LogP contribution is -2.44. The van der Waals surface area contributed by atoms with Gasteiger partial charge in [-0.25, -0.2) is 0 Å². The number of hydrogen-bond acceptors (Lipinski definition) is 3. The summed E-state index contributed by atoms with van der Waals surface area (Å²) in [6, 6.07) is 4.60. The second kappa shape index (κ2) is 6.80. The molecule has 0 atom stereocenters. The van der Waals surface area contributed by atoms with Crippen LogP contribution in [0.25, 0.3) is 0 Å². The Morgan fingerprint density at radius 2 is 2.05 bits per heavy atom. The van der Waals surface area contributed by atoms with E-state index >= 15 is 0 Å². The number of alkyl halides is 3. The van der Waals surface area contributed by atoms with E-state index < -0.39 is 11.7 Å². The summed E-state index contributed by atoms with van der Waals surface area (Å²) in [6.45, 7) is 1.41. The van der Waals surface area contributed by atoms with Crippen molar-refractivity contribution in [1.82, 2.24) is 10.6 Å². The number of hydrogen-bond donors (Lipinski definition) is 2. The van der Waals surface area contributed by atoms with Gasteiger partial charge < -0.3 is 15.4 Å². The highest BCUT2D eigenvalue weighted by atomic mass is 19.4. The van der Waals surface area contributed by atoms with Gasteiger partial charge in [0, 0.05) is 6.04 Å². The third kappa shape index (κ3) is 4.93. The van der Waals surface area contributed by atoms with Crippen molar-refractivity contribution in [2.45, 2.75) is 25.1 Å².